The minimum atomic E-state index is -4.69. The molecule has 8 heteroatoms. The molecule has 0 saturated carbocycles. The predicted molar refractivity (Wildman–Crippen MR) is 66.5 cm³/mol. The van der Waals surface area contributed by atoms with Gasteiger partial charge in [-0.05, 0) is 24.3 Å². The van der Waals surface area contributed by atoms with Crippen molar-refractivity contribution in [3.63, 3.8) is 0 Å². The van der Waals surface area contributed by atoms with E-state index in [0.717, 1.165) is 0 Å². The Morgan fingerprint density at radius 3 is 2.25 bits per heavy atom. The molecule has 0 amide bonds. The van der Waals surface area contributed by atoms with Gasteiger partial charge >= 0.3 is 6.18 Å². The van der Waals surface area contributed by atoms with Gasteiger partial charge in [-0.2, -0.15) is 13.2 Å². The summed E-state index contributed by atoms with van der Waals surface area (Å²) >= 11 is 5.58. The fourth-order valence-corrected chi connectivity index (χ4v) is 1.68. The molecule has 0 N–H and O–H groups in total. The van der Waals surface area contributed by atoms with Gasteiger partial charge in [-0.25, -0.2) is 14.4 Å². The molecule has 0 saturated heterocycles. The first kappa shape index (κ1) is 14.5. The van der Waals surface area contributed by atoms with E-state index in [4.69, 9.17) is 11.6 Å². The molecule has 0 radical (unpaired) electrons. The average molecular weight is 306 g/mol. The lowest BCUT2D eigenvalue weighted by Crippen LogP contribution is -2.17. The number of alkyl halides is 3. The van der Waals surface area contributed by atoms with Crippen LogP contribution in [-0.2, 0) is 6.18 Å². The van der Waals surface area contributed by atoms with E-state index in [9.17, 15) is 17.6 Å². The molecule has 3 nitrogen and oxygen atoms in total. The number of halogens is 5. The van der Waals surface area contributed by atoms with E-state index >= 15 is 0 Å². The Kier molecular flexibility index (Phi) is 3.80. The molecular weight excluding hydrogens is 298 g/mol. The molecule has 0 spiro atoms. The third kappa shape index (κ3) is 3.16. The number of hydrogen-bond acceptors (Lipinski definition) is 3. The van der Waals surface area contributed by atoms with E-state index in [-0.39, 0.29) is 11.0 Å². The number of hydrogen-bond donors (Lipinski definition) is 0. The largest absolute Gasteiger partial charge is 0.451 e. The molecule has 1 aromatic carbocycles. The molecule has 0 atom stereocenters. The summed E-state index contributed by atoms with van der Waals surface area (Å²) < 4.78 is 50.7. The first-order valence-electron chi connectivity index (χ1n) is 5.38. The molecule has 0 unspecified atom stereocenters. The van der Waals surface area contributed by atoms with Crippen molar-refractivity contribution in [3.05, 3.63) is 47.1 Å². The van der Waals surface area contributed by atoms with Gasteiger partial charge in [-0.15, -0.1) is 0 Å². The first-order valence-corrected chi connectivity index (χ1v) is 5.76. The van der Waals surface area contributed by atoms with Crippen molar-refractivity contribution in [1.82, 2.24) is 9.97 Å². The zero-order valence-electron chi connectivity index (χ0n) is 10.1. The molecule has 1 heterocycles. The summed E-state index contributed by atoms with van der Waals surface area (Å²) in [6.07, 6.45) is -4.69. The summed E-state index contributed by atoms with van der Waals surface area (Å²) in [6.45, 7) is 0. The Balaban J connectivity index is 2.42. The van der Waals surface area contributed by atoms with E-state index < -0.39 is 17.8 Å². The number of rotatable bonds is 2. The Morgan fingerprint density at radius 1 is 1.10 bits per heavy atom. The minimum absolute atomic E-state index is 0.0380. The second-order valence-electron chi connectivity index (χ2n) is 3.91. The lowest BCUT2D eigenvalue weighted by molar-refractivity contribution is -0.144. The third-order valence-electron chi connectivity index (χ3n) is 2.49. The lowest BCUT2D eigenvalue weighted by Gasteiger charge is -2.19. The summed E-state index contributed by atoms with van der Waals surface area (Å²) in [5, 5.41) is -0.323. The Labute approximate surface area is 116 Å². The second-order valence-corrected chi connectivity index (χ2v) is 4.29. The zero-order chi connectivity index (χ0) is 14.9. The van der Waals surface area contributed by atoms with Gasteiger partial charge in [0.2, 0.25) is 5.82 Å². The zero-order valence-corrected chi connectivity index (χ0v) is 10.9. The number of aromatic nitrogens is 2. The fraction of sp³-hybridized carbons (Fsp3) is 0.167. The fourth-order valence-electron chi connectivity index (χ4n) is 1.50. The minimum Gasteiger partial charge on any atom is -0.329 e. The third-order valence-corrected chi connectivity index (χ3v) is 2.69. The smallest absolute Gasteiger partial charge is 0.329 e. The van der Waals surface area contributed by atoms with Gasteiger partial charge in [0, 0.05) is 18.8 Å². The second kappa shape index (κ2) is 5.24. The molecule has 0 fully saturated rings. The first-order chi connectivity index (χ1) is 9.27. The maximum absolute atomic E-state index is 12.8. The molecule has 2 aromatic rings. The Hall–Kier alpha value is -1.89. The normalized spacial score (nSPS) is 11.5. The lowest BCUT2D eigenvalue weighted by atomic mass is 10.3. The van der Waals surface area contributed by atoms with Crippen LogP contribution in [0.1, 0.15) is 5.82 Å². The summed E-state index contributed by atoms with van der Waals surface area (Å²) in [4.78, 5) is 7.90. The summed E-state index contributed by atoms with van der Waals surface area (Å²) in [7, 11) is 1.49. The summed E-state index contributed by atoms with van der Waals surface area (Å²) in [6, 6.07) is 6.41. The Bertz CT molecular complexity index is 613. The topological polar surface area (TPSA) is 29.0 Å². The molecule has 0 aliphatic carbocycles. The molecule has 106 valence electrons. The van der Waals surface area contributed by atoms with Gasteiger partial charge < -0.3 is 4.90 Å². The van der Waals surface area contributed by atoms with Crippen molar-refractivity contribution in [2.75, 3.05) is 11.9 Å². The van der Waals surface area contributed by atoms with E-state index in [1.54, 1.807) is 0 Å². The van der Waals surface area contributed by atoms with Crippen LogP contribution in [0.3, 0.4) is 0 Å². The van der Waals surface area contributed by atoms with Crippen molar-refractivity contribution >= 4 is 23.1 Å². The van der Waals surface area contributed by atoms with Gasteiger partial charge in [-0.1, -0.05) is 11.6 Å². The number of nitrogens with zero attached hydrogens (tertiary/aromatic N) is 3. The monoisotopic (exact) mass is 305 g/mol. The highest BCUT2D eigenvalue weighted by molar-refractivity contribution is 6.29. The molecule has 0 aliphatic heterocycles. The van der Waals surface area contributed by atoms with Crippen LogP contribution in [0.4, 0.5) is 29.1 Å². The van der Waals surface area contributed by atoms with Crippen molar-refractivity contribution < 1.29 is 17.6 Å². The van der Waals surface area contributed by atoms with Crippen LogP contribution in [0.5, 0.6) is 0 Å². The molecule has 1 aromatic heterocycles. The van der Waals surface area contributed by atoms with Crippen LogP contribution in [-0.4, -0.2) is 17.0 Å². The van der Waals surface area contributed by atoms with Crippen molar-refractivity contribution in [3.8, 4) is 0 Å². The molecule has 0 aliphatic rings. The van der Waals surface area contributed by atoms with Crippen LogP contribution in [0.15, 0.2) is 30.3 Å². The van der Waals surface area contributed by atoms with Crippen LogP contribution < -0.4 is 4.90 Å². The van der Waals surface area contributed by atoms with Gasteiger partial charge in [0.1, 0.15) is 16.8 Å². The maximum Gasteiger partial charge on any atom is 0.451 e. The van der Waals surface area contributed by atoms with Gasteiger partial charge in [0.15, 0.2) is 0 Å². The van der Waals surface area contributed by atoms with Crippen molar-refractivity contribution in [2.24, 2.45) is 0 Å². The van der Waals surface area contributed by atoms with Gasteiger partial charge in [-0.3, -0.25) is 0 Å². The quantitative estimate of drug-likeness (QED) is 0.619. The highest BCUT2D eigenvalue weighted by atomic mass is 35.5. The van der Waals surface area contributed by atoms with Crippen LogP contribution in [0.25, 0.3) is 0 Å². The molecule has 0 bridgehead atoms. The van der Waals surface area contributed by atoms with E-state index in [2.05, 4.69) is 9.97 Å². The number of benzene rings is 1. The summed E-state index contributed by atoms with van der Waals surface area (Å²) in [5.74, 6) is -1.81. The average Bonchev–Trinajstić information content (AvgIpc) is 2.37. The van der Waals surface area contributed by atoms with Crippen LogP contribution in [0, 0.1) is 5.82 Å². The molecule has 2 rings (SSSR count). The highest BCUT2D eigenvalue weighted by Gasteiger charge is 2.35. The van der Waals surface area contributed by atoms with E-state index in [0.29, 0.717) is 5.69 Å². The van der Waals surface area contributed by atoms with E-state index in [1.165, 1.54) is 42.3 Å². The Morgan fingerprint density at radius 2 is 1.70 bits per heavy atom. The van der Waals surface area contributed by atoms with E-state index in [1.807, 2.05) is 0 Å². The maximum atomic E-state index is 12.8. The molecular formula is C12H8ClF4N3. The predicted octanol–water partition coefficient (Wildman–Crippen LogP) is 4.06. The highest BCUT2D eigenvalue weighted by Crippen LogP contribution is 2.30. The van der Waals surface area contributed by atoms with Crippen LogP contribution >= 0.6 is 11.6 Å². The van der Waals surface area contributed by atoms with Crippen molar-refractivity contribution in [1.29, 1.82) is 0 Å². The SMILES string of the molecule is CN(c1ccc(F)cc1)c1cc(Cl)nc(C(F)(F)F)n1. The van der Waals surface area contributed by atoms with Crippen molar-refractivity contribution in [2.45, 2.75) is 6.18 Å². The van der Waals surface area contributed by atoms with Gasteiger partial charge in [0.05, 0.1) is 0 Å². The standard InChI is InChI=1S/C12H8ClF4N3/c1-20(8-4-2-7(14)3-5-8)10-6-9(13)18-11(19-10)12(15,16)17/h2-6H,1H3. The molecule has 20 heavy (non-hydrogen) atoms. The van der Waals surface area contributed by atoms with Crippen LogP contribution in [0.2, 0.25) is 5.15 Å². The van der Waals surface area contributed by atoms with Gasteiger partial charge in [0.25, 0.3) is 0 Å². The number of anilines is 2. The summed E-state index contributed by atoms with van der Waals surface area (Å²) in [5.41, 5.74) is 0.467.